The number of rotatable bonds is 4. The van der Waals surface area contributed by atoms with Gasteiger partial charge in [0.25, 0.3) is 5.91 Å². The molecule has 30 heavy (non-hydrogen) atoms. The number of fused-ring (bicyclic) bond motifs is 3. The van der Waals surface area contributed by atoms with Crippen LogP contribution in [0, 0.1) is 0 Å². The van der Waals surface area contributed by atoms with E-state index in [-0.39, 0.29) is 17.9 Å². The first-order valence-electron chi connectivity index (χ1n) is 10.8. The molecular weight excluding hydrogens is 394 g/mol. The van der Waals surface area contributed by atoms with Crippen molar-refractivity contribution in [2.75, 3.05) is 0 Å². The fourth-order valence-corrected chi connectivity index (χ4v) is 5.59. The zero-order chi connectivity index (χ0) is 20.7. The van der Waals surface area contributed by atoms with E-state index in [1.165, 1.54) is 6.42 Å². The SMILES string of the molecule is C[C@@]1(C(=O)NC2CCCCC2)Cn2c(cc3ccccc32)C(=O)N1Cc1cccs1. The first-order valence-corrected chi connectivity index (χ1v) is 11.7. The van der Waals surface area contributed by atoms with E-state index >= 15 is 0 Å². The molecule has 1 fully saturated rings. The summed E-state index contributed by atoms with van der Waals surface area (Å²) in [5.41, 5.74) is 0.733. The second kappa shape index (κ2) is 7.58. The molecule has 2 aliphatic rings. The van der Waals surface area contributed by atoms with Gasteiger partial charge in [-0.15, -0.1) is 11.3 Å². The van der Waals surface area contributed by atoms with Gasteiger partial charge in [-0.25, -0.2) is 0 Å². The molecule has 156 valence electrons. The third-order valence-electron chi connectivity index (χ3n) is 6.66. The second-order valence-electron chi connectivity index (χ2n) is 8.73. The summed E-state index contributed by atoms with van der Waals surface area (Å²) in [7, 11) is 0. The van der Waals surface area contributed by atoms with E-state index in [9.17, 15) is 9.59 Å². The lowest BCUT2D eigenvalue weighted by atomic mass is 9.91. The molecule has 0 bridgehead atoms. The van der Waals surface area contributed by atoms with E-state index in [1.807, 2.05) is 59.3 Å². The van der Waals surface area contributed by atoms with Gasteiger partial charge in [-0.2, -0.15) is 0 Å². The molecule has 1 aromatic carbocycles. The molecule has 0 unspecified atom stereocenters. The smallest absolute Gasteiger partial charge is 0.271 e. The average Bonchev–Trinajstić information content (AvgIpc) is 3.40. The lowest BCUT2D eigenvalue weighted by Gasteiger charge is -2.44. The molecule has 5 rings (SSSR count). The highest BCUT2D eigenvalue weighted by molar-refractivity contribution is 7.09. The van der Waals surface area contributed by atoms with Gasteiger partial charge in [-0.1, -0.05) is 43.5 Å². The van der Waals surface area contributed by atoms with E-state index < -0.39 is 5.54 Å². The fraction of sp³-hybridized carbons (Fsp3) is 0.417. The Kier molecular flexibility index (Phi) is 4.89. The maximum absolute atomic E-state index is 13.7. The van der Waals surface area contributed by atoms with E-state index in [0.29, 0.717) is 18.8 Å². The van der Waals surface area contributed by atoms with Crippen LogP contribution < -0.4 is 5.32 Å². The lowest BCUT2D eigenvalue weighted by Crippen LogP contribution is -2.64. The Morgan fingerprint density at radius 2 is 1.97 bits per heavy atom. The maximum Gasteiger partial charge on any atom is 0.271 e. The molecule has 2 aromatic heterocycles. The number of thiophene rings is 1. The van der Waals surface area contributed by atoms with Crippen molar-refractivity contribution in [1.29, 1.82) is 0 Å². The predicted molar refractivity (Wildman–Crippen MR) is 120 cm³/mol. The minimum Gasteiger partial charge on any atom is -0.351 e. The van der Waals surface area contributed by atoms with E-state index in [1.54, 1.807) is 16.2 Å². The van der Waals surface area contributed by atoms with Gasteiger partial charge in [0.15, 0.2) is 0 Å². The van der Waals surface area contributed by atoms with Crippen molar-refractivity contribution < 1.29 is 9.59 Å². The summed E-state index contributed by atoms with van der Waals surface area (Å²) in [5.74, 6) is -0.116. The summed E-state index contributed by atoms with van der Waals surface area (Å²) in [6.07, 6.45) is 5.61. The van der Waals surface area contributed by atoms with Crippen LogP contribution in [-0.4, -0.2) is 32.9 Å². The molecule has 1 N–H and O–H groups in total. The molecule has 0 spiro atoms. The van der Waals surface area contributed by atoms with Crippen LogP contribution in [0.1, 0.15) is 54.4 Å². The van der Waals surface area contributed by atoms with Crippen LogP contribution in [-0.2, 0) is 17.9 Å². The highest BCUT2D eigenvalue weighted by Gasteiger charge is 2.48. The third-order valence-corrected chi connectivity index (χ3v) is 7.52. The summed E-state index contributed by atoms with van der Waals surface area (Å²) in [5, 5.41) is 6.34. The van der Waals surface area contributed by atoms with E-state index in [2.05, 4.69) is 5.32 Å². The molecule has 3 heterocycles. The summed E-state index contributed by atoms with van der Waals surface area (Å²) in [6.45, 7) is 2.84. The molecule has 5 nitrogen and oxygen atoms in total. The summed E-state index contributed by atoms with van der Waals surface area (Å²) < 4.78 is 2.03. The Bertz CT molecular complexity index is 1080. The number of amides is 2. The van der Waals surface area contributed by atoms with Gasteiger partial charge in [0, 0.05) is 21.8 Å². The van der Waals surface area contributed by atoms with Crippen molar-refractivity contribution in [3.05, 3.63) is 58.4 Å². The number of hydrogen-bond acceptors (Lipinski definition) is 3. The minimum atomic E-state index is -0.937. The van der Waals surface area contributed by atoms with Crippen LogP contribution in [0.2, 0.25) is 0 Å². The largest absolute Gasteiger partial charge is 0.351 e. The minimum absolute atomic E-state index is 0.0391. The standard InChI is InChI=1S/C24H27N3O2S/c1-24(23(29)25-18-9-3-2-4-10-18)16-26-20-12-6-5-8-17(20)14-21(26)22(28)27(24)15-19-11-7-13-30-19/h5-8,11-14,18H,2-4,9-10,15-16H2,1H3,(H,25,29)/t24-/m0/s1. The van der Waals surface area contributed by atoms with Crippen molar-refractivity contribution in [2.45, 2.75) is 63.7 Å². The Hall–Kier alpha value is -2.60. The van der Waals surface area contributed by atoms with Crippen molar-refractivity contribution in [2.24, 2.45) is 0 Å². The van der Waals surface area contributed by atoms with Gasteiger partial charge in [0.2, 0.25) is 5.91 Å². The molecule has 2 amide bonds. The average molecular weight is 422 g/mol. The lowest BCUT2D eigenvalue weighted by molar-refractivity contribution is -0.134. The fourth-order valence-electron chi connectivity index (χ4n) is 4.90. The molecule has 0 saturated heterocycles. The molecular formula is C24H27N3O2S. The Morgan fingerprint density at radius 3 is 2.73 bits per heavy atom. The molecule has 1 aliphatic heterocycles. The summed E-state index contributed by atoms with van der Waals surface area (Å²) in [4.78, 5) is 30.2. The van der Waals surface area contributed by atoms with Crippen LogP contribution in [0.5, 0.6) is 0 Å². The summed E-state index contributed by atoms with van der Waals surface area (Å²) >= 11 is 1.62. The third kappa shape index (κ3) is 3.23. The Morgan fingerprint density at radius 1 is 1.17 bits per heavy atom. The number of hydrogen-bond donors (Lipinski definition) is 1. The van der Waals surface area contributed by atoms with Crippen molar-refractivity contribution in [3.63, 3.8) is 0 Å². The van der Waals surface area contributed by atoms with Crippen LogP contribution in [0.25, 0.3) is 10.9 Å². The second-order valence-corrected chi connectivity index (χ2v) is 9.76. The number of benzene rings is 1. The molecule has 0 radical (unpaired) electrons. The van der Waals surface area contributed by atoms with Gasteiger partial charge in [0.05, 0.1) is 13.1 Å². The number of carbonyl (C=O) groups is 2. The number of aromatic nitrogens is 1. The monoisotopic (exact) mass is 421 g/mol. The van der Waals surface area contributed by atoms with Crippen LogP contribution in [0.3, 0.4) is 0 Å². The van der Waals surface area contributed by atoms with Crippen molar-refractivity contribution in [1.82, 2.24) is 14.8 Å². The number of nitrogens with zero attached hydrogens (tertiary/aromatic N) is 2. The topological polar surface area (TPSA) is 54.3 Å². The molecule has 1 atom stereocenters. The molecule has 1 aliphatic carbocycles. The van der Waals surface area contributed by atoms with Crippen molar-refractivity contribution >= 4 is 34.1 Å². The number of nitrogens with one attached hydrogen (secondary N) is 1. The predicted octanol–water partition coefficient (Wildman–Crippen LogP) is 4.57. The van der Waals surface area contributed by atoms with E-state index in [4.69, 9.17) is 0 Å². The molecule has 1 saturated carbocycles. The van der Waals surface area contributed by atoms with Crippen LogP contribution in [0.4, 0.5) is 0 Å². The van der Waals surface area contributed by atoms with Gasteiger partial charge in [0.1, 0.15) is 11.2 Å². The normalized spacial score (nSPS) is 22.3. The van der Waals surface area contributed by atoms with Gasteiger partial charge < -0.3 is 14.8 Å². The Balaban J connectivity index is 1.54. The first kappa shape index (κ1) is 19.4. The number of carbonyl (C=O) groups excluding carboxylic acids is 2. The summed E-state index contributed by atoms with van der Waals surface area (Å²) in [6, 6.07) is 14.2. The zero-order valence-electron chi connectivity index (χ0n) is 17.3. The van der Waals surface area contributed by atoms with E-state index in [0.717, 1.165) is 41.5 Å². The highest BCUT2D eigenvalue weighted by Crippen LogP contribution is 2.34. The molecule has 6 heteroatoms. The van der Waals surface area contributed by atoms with Crippen LogP contribution >= 0.6 is 11.3 Å². The first-order chi connectivity index (χ1) is 14.6. The molecule has 3 aromatic rings. The van der Waals surface area contributed by atoms with Crippen molar-refractivity contribution in [3.8, 4) is 0 Å². The van der Waals surface area contributed by atoms with Gasteiger partial charge >= 0.3 is 0 Å². The highest BCUT2D eigenvalue weighted by atomic mass is 32.1. The van der Waals surface area contributed by atoms with Gasteiger partial charge in [-0.3, -0.25) is 9.59 Å². The maximum atomic E-state index is 13.7. The number of para-hydroxylation sites is 1. The van der Waals surface area contributed by atoms with Crippen LogP contribution in [0.15, 0.2) is 47.8 Å². The zero-order valence-corrected chi connectivity index (χ0v) is 18.1. The quantitative estimate of drug-likeness (QED) is 0.671. The van der Waals surface area contributed by atoms with Gasteiger partial charge in [-0.05, 0) is 43.3 Å². The Labute approximate surface area is 180 Å².